The van der Waals surface area contributed by atoms with Crippen LogP contribution in [-0.4, -0.2) is 28.9 Å². The summed E-state index contributed by atoms with van der Waals surface area (Å²) < 4.78 is 7.88. The van der Waals surface area contributed by atoms with Gasteiger partial charge in [0.05, 0.1) is 17.3 Å². The fraction of sp³-hybridized carbons (Fsp3) is 0.263. The van der Waals surface area contributed by atoms with Gasteiger partial charge in [-0.25, -0.2) is 4.98 Å². The zero-order chi connectivity index (χ0) is 18.0. The Morgan fingerprint density at radius 1 is 1.28 bits per heavy atom. The van der Waals surface area contributed by atoms with Gasteiger partial charge in [0.2, 0.25) is 0 Å². The third kappa shape index (κ3) is 3.69. The lowest BCUT2D eigenvalue weighted by molar-refractivity contribution is 0.0947. The highest BCUT2D eigenvalue weighted by Gasteiger charge is 2.17. The molecule has 0 saturated heterocycles. The fourth-order valence-corrected chi connectivity index (χ4v) is 3.46. The van der Waals surface area contributed by atoms with E-state index in [9.17, 15) is 4.79 Å². The zero-order valence-corrected chi connectivity index (χ0v) is 16.1. The van der Waals surface area contributed by atoms with Crippen LogP contribution in [0.1, 0.15) is 27.3 Å². The van der Waals surface area contributed by atoms with Crippen LogP contribution in [0.25, 0.3) is 5.65 Å². The lowest BCUT2D eigenvalue weighted by atomic mass is 10.1. The normalized spacial score (nSPS) is 10.9. The number of ether oxygens (including phenoxy) is 1. The summed E-state index contributed by atoms with van der Waals surface area (Å²) in [6.07, 6.45) is 2.69. The van der Waals surface area contributed by atoms with E-state index < -0.39 is 0 Å². The highest BCUT2D eigenvalue weighted by molar-refractivity contribution is 9.10. The van der Waals surface area contributed by atoms with Crippen LogP contribution in [0, 0.1) is 13.8 Å². The van der Waals surface area contributed by atoms with Crippen LogP contribution in [0.15, 0.2) is 41.0 Å². The Kier molecular flexibility index (Phi) is 5.08. The summed E-state index contributed by atoms with van der Waals surface area (Å²) in [6, 6.07) is 9.85. The molecular formula is C19H20BrN3O2. The van der Waals surface area contributed by atoms with Gasteiger partial charge in [0, 0.05) is 12.7 Å². The molecule has 2 heterocycles. The first-order valence-electron chi connectivity index (χ1n) is 8.05. The number of aromatic nitrogens is 2. The average molecular weight is 402 g/mol. The highest BCUT2D eigenvalue weighted by atomic mass is 79.9. The van der Waals surface area contributed by atoms with Gasteiger partial charge < -0.3 is 10.1 Å². The second-order valence-electron chi connectivity index (χ2n) is 5.96. The molecule has 130 valence electrons. The Bertz CT molecular complexity index is 917. The molecule has 1 N–H and O–H groups in total. The summed E-state index contributed by atoms with van der Waals surface area (Å²) >= 11 is 3.51. The van der Waals surface area contributed by atoms with Gasteiger partial charge in [-0.15, -0.1) is 0 Å². The molecule has 0 unspecified atom stereocenters. The molecule has 0 bridgehead atoms. The number of carbonyl (C=O) groups is 1. The number of carbonyl (C=O) groups excluding carboxylic acids is 1. The topological polar surface area (TPSA) is 55.6 Å². The second-order valence-corrected chi connectivity index (χ2v) is 6.81. The summed E-state index contributed by atoms with van der Waals surface area (Å²) in [5.74, 6) is 0.714. The van der Waals surface area contributed by atoms with Crippen molar-refractivity contribution in [2.75, 3.05) is 13.7 Å². The first-order valence-corrected chi connectivity index (χ1v) is 8.85. The number of nitrogens with zero attached hydrogens (tertiary/aromatic N) is 2. The van der Waals surface area contributed by atoms with E-state index in [1.54, 1.807) is 7.11 Å². The Labute approximate surface area is 155 Å². The predicted molar refractivity (Wildman–Crippen MR) is 101 cm³/mol. The SMILES string of the molecule is COc1ccc(CCNC(=O)c2c(C)nc3c(Br)cc(C)cn23)cc1. The molecule has 25 heavy (non-hydrogen) atoms. The van der Waals surface area contributed by atoms with E-state index in [-0.39, 0.29) is 5.91 Å². The molecule has 0 saturated carbocycles. The number of pyridine rings is 1. The van der Waals surface area contributed by atoms with Gasteiger partial charge in [0.1, 0.15) is 11.4 Å². The number of amides is 1. The molecule has 2 aromatic heterocycles. The van der Waals surface area contributed by atoms with Crippen LogP contribution < -0.4 is 10.1 Å². The molecule has 0 atom stereocenters. The second kappa shape index (κ2) is 7.27. The Hall–Kier alpha value is -2.34. The largest absolute Gasteiger partial charge is 0.497 e. The van der Waals surface area contributed by atoms with Crippen molar-refractivity contribution in [1.82, 2.24) is 14.7 Å². The number of hydrogen-bond acceptors (Lipinski definition) is 3. The molecule has 5 nitrogen and oxygen atoms in total. The molecule has 0 aliphatic carbocycles. The third-order valence-corrected chi connectivity index (χ3v) is 4.64. The quantitative estimate of drug-likeness (QED) is 0.708. The van der Waals surface area contributed by atoms with Crippen molar-refractivity contribution in [2.45, 2.75) is 20.3 Å². The molecule has 1 amide bonds. The standard InChI is InChI=1S/C19H20BrN3O2/c1-12-10-16(20)18-22-13(2)17(23(18)11-12)19(24)21-9-8-14-4-6-15(25-3)7-5-14/h4-7,10-11H,8-9H2,1-3H3,(H,21,24). The van der Waals surface area contributed by atoms with Crippen LogP contribution in [0.5, 0.6) is 5.75 Å². The maximum atomic E-state index is 12.6. The number of hydrogen-bond donors (Lipinski definition) is 1. The van der Waals surface area contributed by atoms with E-state index in [4.69, 9.17) is 4.74 Å². The van der Waals surface area contributed by atoms with Crippen molar-refractivity contribution in [2.24, 2.45) is 0 Å². The van der Waals surface area contributed by atoms with Gasteiger partial charge in [-0.3, -0.25) is 9.20 Å². The molecule has 3 aromatic rings. The van der Waals surface area contributed by atoms with Gasteiger partial charge in [0.15, 0.2) is 5.65 Å². The number of imidazole rings is 1. The molecule has 0 radical (unpaired) electrons. The van der Waals surface area contributed by atoms with Crippen molar-refractivity contribution in [1.29, 1.82) is 0 Å². The Morgan fingerprint density at radius 2 is 2.00 bits per heavy atom. The van der Waals surface area contributed by atoms with E-state index >= 15 is 0 Å². The number of benzene rings is 1. The van der Waals surface area contributed by atoms with Crippen molar-refractivity contribution >= 4 is 27.5 Å². The van der Waals surface area contributed by atoms with Crippen LogP contribution >= 0.6 is 15.9 Å². The first-order chi connectivity index (χ1) is 12.0. The fourth-order valence-electron chi connectivity index (χ4n) is 2.82. The number of fused-ring (bicyclic) bond motifs is 1. The van der Waals surface area contributed by atoms with E-state index in [2.05, 4.69) is 26.2 Å². The molecule has 6 heteroatoms. The Balaban J connectivity index is 1.73. The highest BCUT2D eigenvalue weighted by Crippen LogP contribution is 2.22. The maximum Gasteiger partial charge on any atom is 0.270 e. The molecule has 0 aliphatic rings. The van der Waals surface area contributed by atoms with Crippen LogP contribution in [0.4, 0.5) is 0 Å². The van der Waals surface area contributed by atoms with Crippen molar-refractivity contribution in [3.05, 3.63) is 63.5 Å². The smallest absolute Gasteiger partial charge is 0.270 e. The monoisotopic (exact) mass is 401 g/mol. The lowest BCUT2D eigenvalue weighted by Crippen LogP contribution is -2.27. The van der Waals surface area contributed by atoms with E-state index in [0.717, 1.165) is 33.4 Å². The molecule has 0 spiro atoms. The summed E-state index contributed by atoms with van der Waals surface area (Å²) in [6.45, 7) is 4.41. The van der Waals surface area contributed by atoms with Gasteiger partial charge >= 0.3 is 0 Å². The predicted octanol–water partition coefficient (Wildman–Crippen LogP) is 3.69. The summed E-state index contributed by atoms with van der Waals surface area (Å²) in [5.41, 5.74) is 4.25. The average Bonchev–Trinajstić information content (AvgIpc) is 2.92. The number of nitrogens with one attached hydrogen (secondary N) is 1. The van der Waals surface area contributed by atoms with Crippen molar-refractivity contribution in [3.63, 3.8) is 0 Å². The molecule has 3 rings (SSSR count). The summed E-state index contributed by atoms with van der Waals surface area (Å²) in [5, 5.41) is 2.99. The third-order valence-electron chi connectivity index (χ3n) is 4.06. The molecule has 1 aromatic carbocycles. The van der Waals surface area contributed by atoms with Gasteiger partial charge in [-0.05, 0) is 65.5 Å². The molecule has 0 fully saturated rings. The number of halogens is 1. The summed E-state index contributed by atoms with van der Waals surface area (Å²) in [7, 11) is 1.65. The van der Waals surface area contributed by atoms with Gasteiger partial charge in [-0.2, -0.15) is 0 Å². The van der Waals surface area contributed by atoms with Crippen LogP contribution in [0.2, 0.25) is 0 Å². The van der Waals surface area contributed by atoms with E-state index in [1.165, 1.54) is 0 Å². The van der Waals surface area contributed by atoms with E-state index in [1.807, 2.05) is 54.8 Å². The Morgan fingerprint density at radius 3 is 2.68 bits per heavy atom. The maximum absolute atomic E-state index is 12.6. The minimum Gasteiger partial charge on any atom is -0.497 e. The van der Waals surface area contributed by atoms with Crippen molar-refractivity contribution in [3.8, 4) is 5.75 Å². The number of aryl methyl sites for hydroxylation is 2. The minimum atomic E-state index is -0.115. The van der Waals surface area contributed by atoms with Crippen molar-refractivity contribution < 1.29 is 9.53 Å². The number of methoxy groups -OCH3 is 1. The molecular weight excluding hydrogens is 382 g/mol. The van der Waals surface area contributed by atoms with Crippen LogP contribution in [0.3, 0.4) is 0 Å². The first kappa shape index (κ1) is 17.5. The van der Waals surface area contributed by atoms with Gasteiger partial charge in [0.25, 0.3) is 5.91 Å². The zero-order valence-electron chi connectivity index (χ0n) is 14.5. The van der Waals surface area contributed by atoms with E-state index in [0.29, 0.717) is 17.9 Å². The van der Waals surface area contributed by atoms with Crippen LogP contribution in [-0.2, 0) is 6.42 Å². The summed E-state index contributed by atoms with van der Waals surface area (Å²) in [4.78, 5) is 17.1. The van der Waals surface area contributed by atoms with Gasteiger partial charge in [-0.1, -0.05) is 12.1 Å². The minimum absolute atomic E-state index is 0.115. The number of rotatable bonds is 5. The molecule has 0 aliphatic heterocycles. The lowest BCUT2D eigenvalue weighted by Gasteiger charge is -2.08.